The highest BCUT2D eigenvalue weighted by molar-refractivity contribution is 7.10. The minimum Gasteiger partial charge on any atom is -0.309 e. The molecule has 110 valence electrons. The smallest absolute Gasteiger partial charge is 0.100 e. The van der Waals surface area contributed by atoms with E-state index < -0.39 is 0 Å². The van der Waals surface area contributed by atoms with E-state index >= 15 is 0 Å². The van der Waals surface area contributed by atoms with Gasteiger partial charge >= 0.3 is 0 Å². The molecular formula is C17H26N2S. The second kappa shape index (κ2) is 6.74. The van der Waals surface area contributed by atoms with Crippen molar-refractivity contribution < 1.29 is 0 Å². The lowest BCUT2D eigenvalue weighted by molar-refractivity contribution is 0.137. The molecule has 0 radical (unpaired) electrons. The van der Waals surface area contributed by atoms with Gasteiger partial charge in [0.15, 0.2) is 0 Å². The van der Waals surface area contributed by atoms with E-state index in [1.165, 1.54) is 37.0 Å². The van der Waals surface area contributed by atoms with Crippen LogP contribution in [-0.2, 0) is 6.54 Å². The molecule has 1 aliphatic carbocycles. The van der Waals surface area contributed by atoms with Crippen LogP contribution in [0.25, 0.3) is 0 Å². The van der Waals surface area contributed by atoms with Crippen molar-refractivity contribution in [1.29, 1.82) is 5.26 Å². The number of hydrogen-bond acceptors (Lipinski definition) is 3. The van der Waals surface area contributed by atoms with Crippen LogP contribution in [-0.4, -0.2) is 6.04 Å². The molecular weight excluding hydrogens is 264 g/mol. The van der Waals surface area contributed by atoms with Gasteiger partial charge in [0.1, 0.15) is 6.07 Å². The molecule has 0 spiro atoms. The fourth-order valence-corrected chi connectivity index (χ4v) is 3.91. The van der Waals surface area contributed by atoms with Gasteiger partial charge in [-0.25, -0.2) is 0 Å². The van der Waals surface area contributed by atoms with Crippen molar-refractivity contribution >= 4 is 11.3 Å². The van der Waals surface area contributed by atoms with Crippen LogP contribution in [0, 0.1) is 22.7 Å². The predicted molar refractivity (Wildman–Crippen MR) is 85.7 cm³/mol. The molecule has 20 heavy (non-hydrogen) atoms. The Morgan fingerprint density at radius 2 is 2.05 bits per heavy atom. The SMILES string of the molecule is CCC(C)(C)C1CCC(NCc2cc(C#N)cs2)CC1. The monoisotopic (exact) mass is 290 g/mol. The Labute approximate surface area is 127 Å². The van der Waals surface area contributed by atoms with Gasteiger partial charge in [0.2, 0.25) is 0 Å². The van der Waals surface area contributed by atoms with Crippen LogP contribution in [0.15, 0.2) is 11.4 Å². The number of rotatable bonds is 5. The summed E-state index contributed by atoms with van der Waals surface area (Å²) < 4.78 is 0. The maximum absolute atomic E-state index is 8.83. The van der Waals surface area contributed by atoms with E-state index in [-0.39, 0.29) is 0 Å². The quantitative estimate of drug-likeness (QED) is 0.853. The zero-order chi connectivity index (χ0) is 14.6. The third-order valence-corrected chi connectivity index (χ3v) is 6.03. The molecule has 1 saturated carbocycles. The normalized spacial score (nSPS) is 23.5. The van der Waals surface area contributed by atoms with Crippen LogP contribution in [0.3, 0.4) is 0 Å². The van der Waals surface area contributed by atoms with E-state index in [1.807, 2.05) is 11.4 Å². The molecule has 0 amide bonds. The molecule has 0 aromatic carbocycles. The van der Waals surface area contributed by atoms with Gasteiger partial charge in [-0.1, -0.05) is 27.2 Å². The van der Waals surface area contributed by atoms with Gasteiger partial charge in [-0.15, -0.1) is 11.3 Å². The van der Waals surface area contributed by atoms with Crippen molar-refractivity contribution in [3.8, 4) is 6.07 Å². The van der Waals surface area contributed by atoms with Crippen molar-refractivity contribution in [2.45, 2.75) is 65.5 Å². The topological polar surface area (TPSA) is 35.8 Å². The van der Waals surface area contributed by atoms with E-state index in [2.05, 4.69) is 32.2 Å². The van der Waals surface area contributed by atoms with Gasteiger partial charge < -0.3 is 5.32 Å². The first-order valence-corrected chi connectivity index (χ1v) is 8.64. The lowest BCUT2D eigenvalue weighted by atomic mass is 9.69. The standard InChI is InChI=1S/C17H26N2S/c1-4-17(2,3)14-5-7-15(8-6-14)19-11-16-9-13(10-18)12-20-16/h9,12,14-15,19H,4-8,11H2,1-3H3. The number of thiophene rings is 1. The fourth-order valence-electron chi connectivity index (χ4n) is 3.14. The zero-order valence-corrected chi connectivity index (χ0v) is 13.7. The third-order valence-electron chi connectivity index (χ3n) is 5.09. The first-order valence-electron chi connectivity index (χ1n) is 7.76. The summed E-state index contributed by atoms with van der Waals surface area (Å²) in [7, 11) is 0. The molecule has 1 aliphatic rings. The lowest BCUT2D eigenvalue weighted by Crippen LogP contribution is -2.36. The van der Waals surface area contributed by atoms with Gasteiger partial charge in [-0.05, 0) is 43.1 Å². The van der Waals surface area contributed by atoms with Crippen LogP contribution in [0.2, 0.25) is 0 Å². The Balaban J connectivity index is 1.76. The van der Waals surface area contributed by atoms with Gasteiger partial charge in [-0.2, -0.15) is 5.26 Å². The molecule has 0 saturated heterocycles. The molecule has 0 aliphatic heterocycles. The number of hydrogen-bond donors (Lipinski definition) is 1. The maximum atomic E-state index is 8.83. The van der Waals surface area contributed by atoms with Crippen LogP contribution in [0.1, 0.15) is 63.3 Å². The van der Waals surface area contributed by atoms with E-state index in [0.29, 0.717) is 11.5 Å². The summed E-state index contributed by atoms with van der Waals surface area (Å²) in [6.45, 7) is 8.06. The molecule has 2 nitrogen and oxygen atoms in total. The molecule has 0 atom stereocenters. The lowest BCUT2D eigenvalue weighted by Gasteiger charge is -2.39. The first kappa shape index (κ1) is 15.5. The highest BCUT2D eigenvalue weighted by atomic mass is 32.1. The largest absolute Gasteiger partial charge is 0.309 e. The Morgan fingerprint density at radius 3 is 2.60 bits per heavy atom. The minimum atomic E-state index is 0.500. The average molecular weight is 290 g/mol. The van der Waals surface area contributed by atoms with Crippen LogP contribution >= 0.6 is 11.3 Å². The Bertz CT molecular complexity index is 462. The van der Waals surface area contributed by atoms with E-state index in [4.69, 9.17) is 5.26 Å². The average Bonchev–Trinajstić information content (AvgIpc) is 2.93. The van der Waals surface area contributed by atoms with E-state index in [0.717, 1.165) is 18.0 Å². The first-order chi connectivity index (χ1) is 9.55. The van der Waals surface area contributed by atoms with Crippen molar-refractivity contribution in [2.75, 3.05) is 0 Å². The number of nitrogens with zero attached hydrogens (tertiary/aromatic N) is 1. The molecule has 0 bridgehead atoms. The summed E-state index contributed by atoms with van der Waals surface area (Å²) in [5, 5.41) is 14.4. The summed E-state index contributed by atoms with van der Waals surface area (Å²) in [4.78, 5) is 1.28. The molecule has 2 rings (SSSR count). The molecule has 1 N–H and O–H groups in total. The zero-order valence-electron chi connectivity index (χ0n) is 12.9. The highest BCUT2D eigenvalue weighted by Crippen LogP contribution is 2.40. The second-order valence-electron chi connectivity index (χ2n) is 6.69. The molecule has 1 fully saturated rings. The van der Waals surface area contributed by atoms with Crippen LogP contribution in [0.5, 0.6) is 0 Å². The summed E-state index contributed by atoms with van der Waals surface area (Å²) in [5.74, 6) is 0.887. The number of nitriles is 1. The van der Waals surface area contributed by atoms with Crippen molar-refractivity contribution in [1.82, 2.24) is 5.32 Å². The van der Waals surface area contributed by atoms with Gasteiger partial charge in [-0.3, -0.25) is 0 Å². The van der Waals surface area contributed by atoms with Crippen LogP contribution < -0.4 is 5.32 Å². The second-order valence-corrected chi connectivity index (χ2v) is 7.68. The van der Waals surface area contributed by atoms with Gasteiger partial charge in [0, 0.05) is 22.8 Å². The molecule has 3 heteroatoms. The van der Waals surface area contributed by atoms with Gasteiger partial charge in [0.05, 0.1) is 5.56 Å². The summed E-state index contributed by atoms with van der Waals surface area (Å²) in [6.07, 6.45) is 6.58. The predicted octanol–water partition coefficient (Wildman–Crippen LogP) is 4.70. The Morgan fingerprint density at radius 1 is 1.35 bits per heavy atom. The third kappa shape index (κ3) is 3.84. The summed E-state index contributed by atoms with van der Waals surface area (Å²) >= 11 is 1.69. The molecule has 1 aromatic heterocycles. The highest BCUT2D eigenvalue weighted by Gasteiger charge is 2.31. The van der Waals surface area contributed by atoms with Crippen molar-refractivity contribution in [3.63, 3.8) is 0 Å². The Kier molecular flexibility index (Phi) is 5.23. The Hall–Kier alpha value is -0.850. The van der Waals surface area contributed by atoms with Gasteiger partial charge in [0.25, 0.3) is 0 Å². The van der Waals surface area contributed by atoms with Crippen molar-refractivity contribution in [2.24, 2.45) is 11.3 Å². The fraction of sp³-hybridized carbons (Fsp3) is 0.706. The molecule has 0 unspecified atom stereocenters. The minimum absolute atomic E-state index is 0.500. The van der Waals surface area contributed by atoms with Crippen molar-refractivity contribution in [3.05, 3.63) is 21.9 Å². The van der Waals surface area contributed by atoms with E-state index in [1.54, 1.807) is 11.3 Å². The maximum Gasteiger partial charge on any atom is 0.100 e. The summed E-state index contributed by atoms with van der Waals surface area (Å²) in [5.41, 5.74) is 1.29. The number of nitrogens with one attached hydrogen (secondary N) is 1. The molecule has 1 heterocycles. The molecule has 1 aromatic rings. The van der Waals surface area contributed by atoms with E-state index in [9.17, 15) is 0 Å². The van der Waals surface area contributed by atoms with Crippen LogP contribution in [0.4, 0.5) is 0 Å². The summed E-state index contributed by atoms with van der Waals surface area (Å²) in [6, 6.07) is 4.86.